The lowest BCUT2D eigenvalue weighted by Crippen LogP contribution is -2.39. The minimum absolute atomic E-state index is 0. The van der Waals surface area contributed by atoms with Gasteiger partial charge in [0.2, 0.25) is 5.91 Å². The summed E-state index contributed by atoms with van der Waals surface area (Å²) in [6.45, 7) is 11.4. The van der Waals surface area contributed by atoms with Crippen LogP contribution in [0.2, 0.25) is 15.1 Å². The number of piperidine rings is 2. The number of carbonyl (C=O) groups is 1. The van der Waals surface area contributed by atoms with E-state index < -0.39 is 12.2 Å². The fourth-order valence-corrected chi connectivity index (χ4v) is 12.4. The largest absolute Gasteiger partial charge is 0.390 e. The molecule has 0 spiro atoms. The number of nitrogens with zero attached hydrogens (tertiary/aromatic N) is 11. The summed E-state index contributed by atoms with van der Waals surface area (Å²) in [6.07, 6.45) is 19.1. The molecule has 1 saturated carbocycles. The van der Waals surface area contributed by atoms with Gasteiger partial charge in [-0.15, -0.1) is 0 Å². The molecule has 3 aromatic carbocycles. The molecule has 2 aliphatic heterocycles. The van der Waals surface area contributed by atoms with Gasteiger partial charge < -0.3 is 20.0 Å². The average molecular weight is 1210 g/mol. The lowest BCUT2D eigenvalue weighted by Gasteiger charge is -2.35. The highest BCUT2D eigenvalue weighted by atomic mass is 35.5. The topological polar surface area (TPSA) is 227 Å². The molecule has 5 N–H and O–H groups in total. The van der Waals surface area contributed by atoms with Crippen molar-refractivity contribution in [2.45, 2.75) is 122 Å². The van der Waals surface area contributed by atoms with Gasteiger partial charge in [-0.2, -0.15) is 15.3 Å². The third-order valence-corrected chi connectivity index (χ3v) is 17.7. The van der Waals surface area contributed by atoms with E-state index in [-0.39, 0.29) is 19.3 Å². The number of carbonyl (C=O) groups excluding carboxylic acids is 1. The third-order valence-electron chi connectivity index (χ3n) is 16.9. The second kappa shape index (κ2) is 28.8. The molecule has 1 amide bonds. The number of nitrogens with one attached hydrogen (secondary N) is 3. The summed E-state index contributed by atoms with van der Waals surface area (Å²) in [6, 6.07) is 29.5. The van der Waals surface area contributed by atoms with Crippen LogP contribution in [-0.4, -0.2) is 131 Å². The van der Waals surface area contributed by atoms with E-state index in [1.807, 2.05) is 105 Å². The van der Waals surface area contributed by atoms with Gasteiger partial charge in [-0.25, -0.2) is 29.9 Å². The Morgan fingerprint density at radius 2 is 0.894 bits per heavy atom. The smallest absolute Gasteiger partial charge is 0.248 e. The summed E-state index contributed by atoms with van der Waals surface area (Å²) < 4.78 is 0. The van der Waals surface area contributed by atoms with Gasteiger partial charge in [0, 0.05) is 121 Å². The van der Waals surface area contributed by atoms with Crippen LogP contribution in [0.25, 0.3) is 67.5 Å². The van der Waals surface area contributed by atoms with E-state index in [2.05, 4.69) is 74.1 Å². The van der Waals surface area contributed by atoms with Crippen LogP contribution in [0, 0.1) is 5.92 Å². The zero-order valence-electron chi connectivity index (χ0n) is 47.8. The van der Waals surface area contributed by atoms with Crippen LogP contribution in [-0.2, 0) is 4.79 Å². The van der Waals surface area contributed by atoms with Crippen LogP contribution in [0.4, 0.5) is 0 Å². The first-order valence-electron chi connectivity index (χ1n) is 28.9. The zero-order chi connectivity index (χ0) is 58.7. The monoisotopic (exact) mass is 1200 g/mol. The maximum Gasteiger partial charge on any atom is 0.248 e. The van der Waals surface area contributed by atoms with Crippen LogP contribution in [0.3, 0.4) is 0 Å². The third kappa shape index (κ3) is 14.9. The lowest BCUT2D eigenvalue weighted by atomic mass is 9.73. The van der Waals surface area contributed by atoms with E-state index in [1.165, 1.54) is 18.4 Å². The Balaban J connectivity index is 0.000000152. The Morgan fingerprint density at radius 3 is 1.20 bits per heavy atom. The van der Waals surface area contributed by atoms with Crippen molar-refractivity contribution < 1.29 is 15.0 Å². The standard InChI is InChI=1S/C22H26ClN5.C22H25ClN4O.C20H20ClN5O2.CH4/c1-3-15(2)28-12-9-17(10-13-28)22-20(19-8-11-24-14-25-19)21(26-27-22)16-4-6-18(23)7-5-16;1-22(2,28)16-7-3-14(4-8-16)20-19(18-11-12-24-13-25-18)21(27-26-20)15-5-9-17(23)10-6-15;21-15-3-1-13(2-4-15)19-18(16-5-8-22-12-23-16)20(25-24-19)14-6-9-26(10-7-14)17(28)11-27;/h4-8,11,14-15,17H,3,9-10,12-13H2,1-2H3,(H,26,27);5-6,9-14,16,28H,3-4,7-8H2,1-2H3,(H,26,27);1-5,8,12,14,27H,6-7,9-11H2,(H,24,25);1H4. The van der Waals surface area contributed by atoms with Gasteiger partial charge in [0.15, 0.2) is 0 Å². The maximum absolute atomic E-state index is 11.7. The summed E-state index contributed by atoms with van der Waals surface area (Å²) in [7, 11) is 0. The van der Waals surface area contributed by atoms with Crippen LogP contribution in [0.15, 0.2) is 129 Å². The van der Waals surface area contributed by atoms with Crippen molar-refractivity contribution in [3.63, 3.8) is 0 Å². The Hall–Kier alpha value is -7.25. The maximum atomic E-state index is 11.7. The Bertz CT molecular complexity index is 3520. The van der Waals surface area contributed by atoms with E-state index in [4.69, 9.17) is 45.0 Å². The van der Waals surface area contributed by atoms with Crippen molar-refractivity contribution in [1.29, 1.82) is 0 Å². The quantitative estimate of drug-likeness (QED) is 0.0725. The van der Waals surface area contributed by atoms with Gasteiger partial charge in [0.25, 0.3) is 0 Å². The fraction of sp³-hybridized carbons (Fsp3) is 0.385. The number of likely N-dealkylation sites (tertiary alicyclic amines) is 2. The number of aliphatic hydroxyl groups excluding tert-OH is 1. The first kappa shape index (κ1) is 62.3. The van der Waals surface area contributed by atoms with Crippen molar-refractivity contribution in [2.24, 2.45) is 5.92 Å². The number of H-pyrrole nitrogens is 3. The first-order chi connectivity index (χ1) is 40.8. The predicted octanol–water partition coefficient (Wildman–Crippen LogP) is 13.9. The molecule has 444 valence electrons. The molecule has 3 fully saturated rings. The predicted molar refractivity (Wildman–Crippen MR) is 337 cm³/mol. The molecule has 1 atom stereocenters. The van der Waals surface area contributed by atoms with E-state index in [9.17, 15) is 9.90 Å². The van der Waals surface area contributed by atoms with Gasteiger partial charge in [-0.3, -0.25) is 20.1 Å². The molecule has 8 heterocycles. The number of aromatic nitrogens is 12. The number of aromatic amines is 3. The summed E-state index contributed by atoms with van der Waals surface area (Å²) in [5.74, 6) is 1.17. The van der Waals surface area contributed by atoms with Gasteiger partial charge in [0.05, 0.1) is 22.7 Å². The number of halogens is 3. The molecule has 0 bridgehead atoms. The second-order valence-corrected chi connectivity index (χ2v) is 23.8. The molecule has 9 aromatic rings. The average Bonchev–Trinajstić information content (AvgIpc) is 3.59. The second-order valence-electron chi connectivity index (χ2n) is 22.5. The van der Waals surface area contributed by atoms with Gasteiger partial charge in [0.1, 0.15) is 42.7 Å². The molecule has 6 aromatic heterocycles. The highest BCUT2D eigenvalue weighted by Gasteiger charge is 2.35. The first-order valence-corrected chi connectivity index (χ1v) is 30.1. The molecule has 1 unspecified atom stereocenters. The summed E-state index contributed by atoms with van der Waals surface area (Å²) in [5.41, 5.74) is 14.0. The van der Waals surface area contributed by atoms with Crippen molar-refractivity contribution in [2.75, 3.05) is 32.8 Å². The van der Waals surface area contributed by atoms with Gasteiger partial charge in [-0.05, 0) is 152 Å². The number of rotatable bonds is 13. The summed E-state index contributed by atoms with van der Waals surface area (Å²) >= 11 is 18.2. The van der Waals surface area contributed by atoms with E-state index in [0.29, 0.717) is 46.9 Å². The van der Waals surface area contributed by atoms with Crippen molar-refractivity contribution in [3.05, 3.63) is 161 Å². The van der Waals surface area contributed by atoms with Crippen LogP contribution < -0.4 is 0 Å². The van der Waals surface area contributed by atoms with E-state index >= 15 is 0 Å². The molecule has 85 heavy (non-hydrogen) atoms. The van der Waals surface area contributed by atoms with E-state index in [1.54, 1.807) is 36.1 Å². The fourth-order valence-electron chi connectivity index (χ4n) is 12.0. The van der Waals surface area contributed by atoms with Crippen molar-refractivity contribution in [3.8, 4) is 67.5 Å². The van der Waals surface area contributed by atoms with Crippen LogP contribution in [0.5, 0.6) is 0 Å². The number of hydrogen-bond donors (Lipinski definition) is 5. The van der Waals surface area contributed by atoms with Crippen LogP contribution >= 0.6 is 34.8 Å². The highest BCUT2D eigenvalue weighted by molar-refractivity contribution is 6.31. The van der Waals surface area contributed by atoms with Gasteiger partial charge in [-0.1, -0.05) is 85.6 Å². The lowest BCUT2D eigenvalue weighted by molar-refractivity contribution is -0.135. The molecule has 12 rings (SSSR count). The highest BCUT2D eigenvalue weighted by Crippen LogP contribution is 2.45. The molecule has 17 nitrogen and oxygen atoms in total. The molecule has 3 aliphatic rings. The molecule has 20 heteroatoms. The minimum Gasteiger partial charge on any atom is -0.390 e. The summed E-state index contributed by atoms with van der Waals surface area (Å²) in [5, 5.41) is 45.3. The SMILES string of the molecule is C.CC(C)(O)C1CCC(c2[nH]nc(-c3ccc(Cl)cc3)c2-c2ccncn2)CC1.CCC(C)N1CCC(c2[nH]nc(-c3ccc(Cl)cc3)c2-c2ccncn2)CC1.O=C(CO)N1CCC(c2[nH]nc(-c3ccc(Cl)cc3)c2-c2ccncn2)CC1. The van der Waals surface area contributed by atoms with Crippen molar-refractivity contribution in [1.82, 2.24) is 70.3 Å². The van der Waals surface area contributed by atoms with E-state index in [0.717, 1.165) is 148 Å². The normalized spacial score (nSPS) is 17.2. The zero-order valence-corrected chi connectivity index (χ0v) is 50.0. The molecule has 1 aliphatic carbocycles. The minimum atomic E-state index is -0.622. The van der Waals surface area contributed by atoms with Crippen LogP contribution in [0.1, 0.15) is 128 Å². The number of benzene rings is 3. The number of aliphatic hydroxyl groups is 2. The Kier molecular flexibility index (Phi) is 21.1. The number of hydrogen-bond acceptors (Lipinski definition) is 13. The van der Waals surface area contributed by atoms with Gasteiger partial charge >= 0.3 is 0 Å². The Morgan fingerprint density at radius 1 is 0.553 bits per heavy atom. The van der Waals surface area contributed by atoms with Crippen molar-refractivity contribution >= 4 is 40.7 Å². The molecule has 0 radical (unpaired) electrons. The summed E-state index contributed by atoms with van der Waals surface area (Å²) in [4.78, 5) is 41.7. The molecular formula is C65H75Cl3N14O3. The number of amides is 1. The molecule has 2 saturated heterocycles. The molecular weight excluding hydrogens is 1130 g/mol. The Labute approximate surface area is 512 Å².